The molecule has 0 saturated heterocycles. The molecule has 1 rings (SSSR count). The van der Waals surface area contributed by atoms with E-state index in [2.05, 4.69) is 10.6 Å². The lowest BCUT2D eigenvalue weighted by Gasteiger charge is -2.17. The average Bonchev–Trinajstić information content (AvgIpc) is 2.30. The van der Waals surface area contributed by atoms with Gasteiger partial charge in [-0.3, -0.25) is 4.79 Å². The van der Waals surface area contributed by atoms with Gasteiger partial charge in [-0.15, -0.1) is 0 Å². The van der Waals surface area contributed by atoms with Crippen LogP contribution in [0, 0.1) is 25.2 Å². The van der Waals surface area contributed by atoms with Crippen LogP contribution in [0.25, 0.3) is 0 Å². The molecule has 1 unspecified atom stereocenters. The molecule has 0 aliphatic heterocycles. The fourth-order valence-electron chi connectivity index (χ4n) is 1.60. The number of carbonyl (C=O) groups is 1. The van der Waals surface area contributed by atoms with Crippen LogP contribution in [-0.4, -0.2) is 18.5 Å². The third kappa shape index (κ3) is 3.49. The van der Waals surface area contributed by atoms with E-state index in [4.69, 9.17) is 5.26 Å². The monoisotopic (exact) mass is 231 g/mol. The van der Waals surface area contributed by atoms with E-state index in [1.165, 1.54) is 0 Å². The van der Waals surface area contributed by atoms with Gasteiger partial charge < -0.3 is 10.6 Å². The normalized spacial score (nSPS) is 11.4. The molecule has 0 radical (unpaired) electrons. The Morgan fingerprint density at radius 1 is 1.41 bits per heavy atom. The molecule has 0 heterocycles. The predicted octanol–water partition coefficient (Wildman–Crippen LogP) is 1.74. The van der Waals surface area contributed by atoms with Gasteiger partial charge in [-0.1, -0.05) is 18.2 Å². The van der Waals surface area contributed by atoms with E-state index in [1.807, 2.05) is 38.1 Å². The van der Waals surface area contributed by atoms with Crippen molar-refractivity contribution in [2.45, 2.75) is 26.8 Å². The Bertz CT molecular complexity index is 428. The number of nitriles is 1. The number of carbonyl (C=O) groups excluding carboxylic acids is 1. The fourth-order valence-corrected chi connectivity index (χ4v) is 1.60. The molecular formula is C13H17N3O. The summed E-state index contributed by atoms with van der Waals surface area (Å²) < 4.78 is 0. The summed E-state index contributed by atoms with van der Waals surface area (Å²) in [7, 11) is 0. The van der Waals surface area contributed by atoms with E-state index in [-0.39, 0.29) is 18.5 Å². The molecule has 0 aliphatic rings. The zero-order valence-electron chi connectivity index (χ0n) is 10.4. The number of para-hydroxylation sites is 1. The lowest BCUT2D eigenvalue weighted by atomic mass is 10.1. The van der Waals surface area contributed by atoms with Crippen molar-refractivity contribution in [2.75, 3.05) is 11.9 Å². The Kier molecular flexibility index (Phi) is 4.53. The van der Waals surface area contributed by atoms with Gasteiger partial charge in [0.15, 0.2) is 0 Å². The average molecular weight is 231 g/mol. The van der Waals surface area contributed by atoms with Crippen molar-refractivity contribution >= 4 is 11.6 Å². The molecule has 4 heteroatoms. The van der Waals surface area contributed by atoms with Crippen LogP contribution < -0.4 is 10.6 Å². The molecule has 90 valence electrons. The summed E-state index contributed by atoms with van der Waals surface area (Å²) in [4.78, 5) is 11.6. The van der Waals surface area contributed by atoms with Crippen LogP contribution in [0.1, 0.15) is 18.1 Å². The van der Waals surface area contributed by atoms with Gasteiger partial charge in [-0.25, -0.2) is 0 Å². The summed E-state index contributed by atoms with van der Waals surface area (Å²) in [6, 6.07) is 7.50. The van der Waals surface area contributed by atoms with Gasteiger partial charge in [0.05, 0.1) is 6.07 Å². The second-order valence-electron chi connectivity index (χ2n) is 4.01. The second-order valence-corrected chi connectivity index (χ2v) is 4.01. The number of rotatable bonds is 4. The van der Waals surface area contributed by atoms with Gasteiger partial charge in [0.25, 0.3) is 0 Å². The van der Waals surface area contributed by atoms with Crippen molar-refractivity contribution in [3.05, 3.63) is 29.3 Å². The Hall–Kier alpha value is -2.02. The maximum absolute atomic E-state index is 11.6. The number of hydrogen-bond acceptors (Lipinski definition) is 3. The van der Waals surface area contributed by atoms with E-state index in [0.29, 0.717) is 0 Å². The van der Waals surface area contributed by atoms with Crippen LogP contribution in [0.3, 0.4) is 0 Å². The summed E-state index contributed by atoms with van der Waals surface area (Å²) in [5.74, 6) is -0.172. The van der Waals surface area contributed by atoms with E-state index in [0.717, 1.165) is 16.8 Å². The quantitative estimate of drug-likeness (QED) is 0.776. The summed E-state index contributed by atoms with van der Waals surface area (Å²) in [6.07, 6.45) is 0. The molecule has 0 saturated carbocycles. The summed E-state index contributed by atoms with van der Waals surface area (Å²) in [5.41, 5.74) is 3.18. The van der Waals surface area contributed by atoms with Gasteiger partial charge in [0.2, 0.25) is 5.91 Å². The zero-order valence-corrected chi connectivity index (χ0v) is 10.4. The van der Waals surface area contributed by atoms with Gasteiger partial charge in [-0.2, -0.15) is 5.26 Å². The van der Waals surface area contributed by atoms with Gasteiger partial charge >= 0.3 is 0 Å². The zero-order chi connectivity index (χ0) is 12.8. The minimum absolute atomic E-state index is 0.0393. The second kappa shape index (κ2) is 5.90. The van der Waals surface area contributed by atoms with E-state index >= 15 is 0 Å². The Labute approximate surface area is 102 Å². The van der Waals surface area contributed by atoms with Crippen LogP contribution in [0.2, 0.25) is 0 Å². The number of hydrogen-bond donors (Lipinski definition) is 2. The van der Waals surface area contributed by atoms with E-state index in [1.54, 1.807) is 6.92 Å². The first-order valence-corrected chi connectivity index (χ1v) is 5.53. The highest BCUT2D eigenvalue weighted by molar-refractivity contribution is 5.84. The van der Waals surface area contributed by atoms with Gasteiger partial charge in [0, 0.05) is 5.69 Å². The summed E-state index contributed by atoms with van der Waals surface area (Å²) >= 11 is 0. The smallest absolute Gasteiger partial charge is 0.243 e. The molecular weight excluding hydrogens is 214 g/mol. The lowest BCUT2D eigenvalue weighted by molar-refractivity contribution is -0.121. The Morgan fingerprint density at radius 3 is 2.53 bits per heavy atom. The highest BCUT2D eigenvalue weighted by atomic mass is 16.2. The highest BCUT2D eigenvalue weighted by Crippen LogP contribution is 2.20. The molecule has 1 amide bonds. The molecule has 1 aromatic carbocycles. The predicted molar refractivity (Wildman–Crippen MR) is 67.6 cm³/mol. The van der Waals surface area contributed by atoms with Crippen molar-refractivity contribution in [1.82, 2.24) is 5.32 Å². The highest BCUT2D eigenvalue weighted by Gasteiger charge is 2.13. The number of nitrogens with zero attached hydrogens (tertiary/aromatic N) is 1. The van der Waals surface area contributed by atoms with E-state index in [9.17, 15) is 4.79 Å². The first-order valence-electron chi connectivity index (χ1n) is 5.53. The minimum Gasteiger partial charge on any atom is -0.373 e. The Balaban J connectivity index is 2.71. The SMILES string of the molecule is Cc1cccc(C)c1NC(C)C(=O)NCC#N. The van der Waals surface area contributed by atoms with Crippen molar-refractivity contribution in [3.63, 3.8) is 0 Å². The Morgan fingerprint density at radius 2 is 2.00 bits per heavy atom. The van der Waals surface area contributed by atoms with Crippen LogP contribution in [0.4, 0.5) is 5.69 Å². The standard InChI is InChI=1S/C13H17N3O/c1-9-5-4-6-10(2)12(9)16-11(3)13(17)15-8-7-14/h4-6,11,16H,8H2,1-3H3,(H,15,17). The third-order valence-electron chi connectivity index (χ3n) is 2.58. The number of amides is 1. The maximum atomic E-state index is 11.6. The topological polar surface area (TPSA) is 64.9 Å². The first kappa shape index (κ1) is 13.0. The summed E-state index contributed by atoms with van der Waals surface area (Å²) in [6.45, 7) is 5.81. The first-order chi connectivity index (χ1) is 8.06. The molecule has 0 fully saturated rings. The molecule has 0 spiro atoms. The maximum Gasteiger partial charge on any atom is 0.243 e. The van der Waals surface area contributed by atoms with E-state index < -0.39 is 0 Å². The molecule has 0 aromatic heterocycles. The van der Waals surface area contributed by atoms with Crippen molar-refractivity contribution in [3.8, 4) is 6.07 Å². The van der Waals surface area contributed by atoms with Crippen molar-refractivity contribution in [2.24, 2.45) is 0 Å². The summed E-state index contributed by atoms with van der Waals surface area (Å²) in [5, 5.41) is 14.1. The number of aryl methyl sites for hydroxylation is 2. The van der Waals surface area contributed by atoms with Crippen LogP contribution in [-0.2, 0) is 4.79 Å². The lowest BCUT2D eigenvalue weighted by Crippen LogP contribution is -2.38. The number of anilines is 1. The molecule has 0 aliphatic carbocycles. The molecule has 1 atom stereocenters. The number of benzene rings is 1. The van der Waals surface area contributed by atoms with Crippen LogP contribution in [0.5, 0.6) is 0 Å². The molecule has 1 aromatic rings. The third-order valence-corrected chi connectivity index (χ3v) is 2.58. The van der Waals surface area contributed by atoms with Crippen LogP contribution >= 0.6 is 0 Å². The largest absolute Gasteiger partial charge is 0.373 e. The van der Waals surface area contributed by atoms with Crippen molar-refractivity contribution in [1.29, 1.82) is 5.26 Å². The number of nitrogens with one attached hydrogen (secondary N) is 2. The molecule has 4 nitrogen and oxygen atoms in total. The van der Waals surface area contributed by atoms with Gasteiger partial charge in [0.1, 0.15) is 12.6 Å². The van der Waals surface area contributed by atoms with Crippen LogP contribution in [0.15, 0.2) is 18.2 Å². The molecule has 17 heavy (non-hydrogen) atoms. The van der Waals surface area contributed by atoms with Gasteiger partial charge in [-0.05, 0) is 31.9 Å². The minimum atomic E-state index is -0.358. The molecule has 0 bridgehead atoms. The fraction of sp³-hybridized carbons (Fsp3) is 0.385. The van der Waals surface area contributed by atoms with Crippen molar-refractivity contribution < 1.29 is 4.79 Å². The molecule has 2 N–H and O–H groups in total.